The first-order valence-electron chi connectivity index (χ1n) is 6.77. The summed E-state index contributed by atoms with van der Waals surface area (Å²) in [4.78, 5) is 0. The summed E-state index contributed by atoms with van der Waals surface area (Å²) in [5.41, 5.74) is 3.92. The second-order valence-corrected chi connectivity index (χ2v) is 5.89. The van der Waals surface area contributed by atoms with Gasteiger partial charge >= 0.3 is 0 Å². The van der Waals surface area contributed by atoms with E-state index >= 15 is 0 Å². The number of benzene rings is 1. The molecule has 0 radical (unpaired) electrons. The highest BCUT2D eigenvalue weighted by molar-refractivity contribution is 5.44. The summed E-state index contributed by atoms with van der Waals surface area (Å²) in [6.45, 7) is 15.7. The molecule has 0 bridgehead atoms. The fourth-order valence-corrected chi connectivity index (χ4v) is 1.93. The van der Waals surface area contributed by atoms with E-state index in [0.717, 1.165) is 25.4 Å². The molecule has 1 N–H and O–H groups in total. The topological polar surface area (TPSA) is 21.3 Å². The highest BCUT2D eigenvalue weighted by atomic mass is 16.5. The molecule has 2 nitrogen and oxygen atoms in total. The van der Waals surface area contributed by atoms with Crippen LogP contribution in [0.15, 0.2) is 12.1 Å². The van der Waals surface area contributed by atoms with Crippen molar-refractivity contribution in [2.75, 3.05) is 19.7 Å². The monoisotopic (exact) mass is 249 g/mol. The van der Waals surface area contributed by atoms with Crippen molar-refractivity contribution in [3.8, 4) is 5.75 Å². The van der Waals surface area contributed by atoms with Crippen LogP contribution in [-0.2, 0) is 0 Å². The fourth-order valence-electron chi connectivity index (χ4n) is 1.93. The summed E-state index contributed by atoms with van der Waals surface area (Å²) >= 11 is 0. The zero-order chi connectivity index (χ0) is 13.8. The third-order valence-electron chi connectivity index (χ3n) is 3.33. The van der Waals surface area contributed by atoms with Crippen molar-refractivity contribution in [1.82, 2.24) is 5.32 Å². The number of ether oxygens (including phenoxy) is 1. The van der Waals surface area contributed by atoms with Crippen LogP contribution in [0.2, 0.25) is 0 Å². The van der Waals surface area contributed by atoms with E-state index in [2.05, 4.69) is 59.0 Å². The number of hydrogen-bond donors (Lipinski definition) is 1. The van der Waals surface area contributed by atoms with Crippen molar-refractivity contribution in [3.63, 3.8) is 0 Å². The molecule has 0 aliphatic heterocycles. The van der Waals surface area contributed by atoms with Crippen LogP contribution in [0.4, 0.5) is 0 Å². The molecule has 0 amide bonds. The molecule has 0 unspecified atom stereocenters. The van der Waals surface area contributed by atoms with E-state index in [0.29, 0.717) is 0 Å². The van der Waals surface area contributed by atoms with Crippen molar-refractivity contribution in [2.24, 2.45) is 5.41 Å². The van der Waals surface area contributed by atoms with Crippen LogP contribution in [0.5, 0.6) is 5.75 Å². The standard InChI is InChI=1S/C16H27NO/c1-7-17-10-16(5,6)11-18-15-13(3)9-8-12(2)14(15)4/h8-9,17H,7,10-11H2,1-6H3. The summed E-state index contributed by atoms with van der Waals surface area (Å²) < 4.78 is 6.07. The van der Waals surface area contributed by atoms with Gasteiger partial charge in [-0.3, -0.25) is 0 Å². The number of aryl methyl sites for hydroxylation is 2. The Morgan fingerprint density at radius 3 is 2.33 bits per heavy atom. The van der Waals surface area contributed by atoms with Gasteiger partial charge in [0.1, 0.15) is 5.75 Å². The van der Waals surface area contributed by atoms with Crippen LogP contribution in [0.3, 0.4) is 0 Å². The lowest BCUT2D eigenvalue weighted by molar-refractivity contribution is 0.175. The molecule has 0 fully saturated rings. The van der Waals surface area contributed by atoms with Crippen LogP contribution in [0, 0.1) is 26.2 Å². The van der Waals surface area contributed by atoms with E-state index in [4.69, 9.17) is 4.74 Å². The number of hydrogen-bond acceptors (Lipinski definition) is 2. The summed E-state index contributed by atoms with van der Waals surface area (Å²) in [5, 5.41) is 3.39. The maximum atomic E-state index is 6.07. The van der Waals surface area contributed by atoms with Gasteiger partial charge in [0.2, 0.25) is 0 Å². The molecule has 0 aromatic heterocycles. The first-order chi connectivity index (χ1) is 8.37. The van der Waals surface area contributed by atoms with Gasteiger partial charge in [-0.2, -0.15) is 0 Å². The summed E-state index contributed by atoms with van der Waals surface area (Å²) in [6, 6.07) is 4.29. The third-order valence-corrected chi connectivity index (χ3v) is 3.33. The van der Waals surface area contributed by atoms with Gasteiger partial charge in [0.15, 0.2) is 0 Å². The maximum Gasteiger partial charge on any atom is 0.125 e. The van der Waals surface area contributed by atoms with Gasteiger partial charge in [-0.25, -0.2) is 0 Å². The molecule has 1 aromatic rings. The van der Waals surface area contributed by atoms with Crippen molar-refractivity contribution >= 4 is 0 Å². The van der Waals surface area contributed by atoms with E-state index in [9.17, 15) is 0 Å². The first-order valence-corrected chi connectivity index (χ1v) is 6.77. The van der Waals surface area contributed by atoms with Gasteiger partial charge < -0.3 is 10.1 Å². The second kappa shape index (κ2) is 6.24. The van der Waals surface area contributed by atoms with E-state index in [1.165, 1.54) is 16.7 Å². The predicted molar refractivity (Wildman–Crippen MR) is 78.5 cm³/mol. The molecular formula is C16H27NO. The molecule has 0 spiro atoms. The smallest absolute Gasteiger partial charge is 0.125 e. The Labute approximate surface area is 112 Å². The summed E-state index contributed by atoms with van der Waals surface area (Å²) in [5.74, 6) is 1.06. The Morgan fingerprint density at radius 1 is 1.11 bits per heavy atom. The van der Waals surface area contributed by atoms with Crippen molar-refractivity contribution in [3.05, 3.63) is 28.8 Å². The Morgan fingerprint density at radius 2 is 1.72 bits per heavy atom. The highest BCUT2D eigenvalue weighted by Gasteiger charge is 2.19. The minimum Gasteiger partial charge on any atom is -0.492 e. The average molecular weight is 249 g/mol. The largest absolute Gasteiger partial charge is 0.492 e. The van der Waals surface area contributed by atoms with Crippen LogP contribution in [0.25, 0.3) is 0 Å². The van der Waals surface area contributed by atoms with Gasteiger partial charge in [0.05, 0.1) is 6.61 Å². The molecule has 0 saturated carbocycles. The van der Waals surface area contributed by atoms with Crippen LogP contribution >= 0.6 is 0 Å². The van der Waals surface area contributed by atoms with Gasteiger partial charge in [0.25, 0.3) is 0 Å². The van der Waals surface area contributed by atoms with Crippen molar-refractivity contribution in [2.45, 2.75) is 41.5 Å². The van der Waals surface area contributed by atoms with E-state index in [1.807, 2.05) is 0 Å². The first kappa shape index (κ1) is 15.0. The molecule has 1 aromatic carbocycles. The van der Waals surface area contributed by atoms with Crippen LogP contribution in [-0.4, -0.2) is 19.7 Å². The average Bonchev–Trinajstić information content (AvgIpc) is 2.31. The summed E-state index contributed by atoms with van der Waals surface area (Å²) in [7, 11) is 0. The third kappa shape index (κ3) is 4.02. The Balaban J connectivity index is 2.71. The molecule has 1 rings (SSSR count). The molecule has 2 heteroatoms. The lowest BCUT2D eigenvalue weighted by atomic mass is 9.94. The van der Waals surface area contributed by atoms with Gasteiger partial charge in [-0.15, -0.1) is 0 Å². The molecule has 18 heavy (non-hydrogen) atoms. The Hall–Kier alpha value is -1.02. The minimum absolute atomic E-state index is 0.151. The van der Waals surface area contributed by atoms with Crippen LogP contribution < -0.4 is 10.1 Å². The van der Waals surface area contributed by atoms with E-state index < -0.39 is 0 Å². The molecule has 0 saturated heterocycles. The molecule has 0 aliphatic rings. The van der Waals surface area contributed by atoms with Crippen molar-refractivity contribution < 1.29 is 4.74 Å². The predicted octanol–water partition coefficient (Wildman–Crippen LogP) is 3.63. The molecule has 0 atom stereocenters. The number of nitrogens with one attached hydrogen (secondary N) is 1. The number of rotatable bonds is 6. The lowest BCUT2D eigenvalue weighted by Gasteiger charge is -2.26. The molecule has 0 heterocycles. The quantitative estimate of drug-likeness (QED) is 0.831. The Kier molecular flexibility index (Phi) is 5.21. The molecular weight excluding hydrogens is 222 g/mol. The lowest BCUT2D eigenvalue weighted by Crippen LogP contribution is -2.34. The fraction of sp³-hybridized carbons (Fsp3) is 0.625. The van der Waals surface area contributed by atoms with Crippen molar-refractivity contribution in [1.29, 1.82) is 0 Å². The summed E-state index contributed by atoms with van der Waals surface area (Å²) in [6.07, 6.45) is 0. The van der Waals surface area contributed by atoms with E-state index in [-0.39, 0.29) is 5.41 Å². The highest BCUT2D eigenvalue weighted by Crippen LogP contribution is 2.27. The second-order valence-electron chi connectivity index (χ2n) is 5.89. The molecule has 0 aliphatic carbocycles. The normalized spacial score (nSPS) is 11.7. The van der Waals surface area contributed by atoms with Crippen LogP contribution in [0.1, 0.15) is 37.5 Å². The zero-order valence-electron chi connectivity index (χ0n) is 12.7. The van der Waals surface area contributed by atoms with Gasteiger partial charge in [-0.05, 0) is 44.0 Å². The SMILES string of the molecule is CCNCC(C)(C)COc1c(C)ccc(C)c1C. The Bertz CT molecular complexity index is 396. The van der Waals surface area contributed by atoms with Gasteiger partial charge in [0, 0.05) is 12.0 Å². The van der Waals surface area contributed by atoms with E-state index in [1.54, 1.807) is 0 Å². The van der Waals surface area contributed by atoms with Gasteiger partial charge in [-0.1, -0.05) is 32.9 Å². The molecule has 102 valence electrons. The minimum atomic E-state index is 0.151. The zero-order valence-corrected chi connectivity index (χ0v) is 12.7. The maximum absolute atomic E-state index is 6.07.